The number of halogens is 3. The van der Waals surface area contributed by atoms with Crippen molar-refractivity contribution in [3.05, 3.63) is 46.4 Å². The molecule has 0 aromatic heterocycles. The third-order valence-corrected chi connectivity index (χ3v) is 6.49. The topological polar surface area (TPSA) is 63.6 Å². The smallest absolute Gasteiger partial charge is 0.179 e. The number of morpholine rings is 1. The van der Waals surface area contributed by atoms with E-state index in [0.29, 0.717) is 66.0 Å². The van der Waals surface area contributed by atoms with Crippen molar-refractivity contribution < 1.29 is 23.5 Å². The Morgan fingerprint density at radius 2 is 1.76 bits per heavy atom. The van der Waals surface area contributed by atoms with Crippen LogP contribution < -0.4 is 18.0 Å². The molecule has 2 aromatic carbocycles. The molecule has 1 atom stereocenters. The first-order chi connectivity index (χ1) is 16.5. The summed E-state index contributed by atoms with van der Waals surface area (Å²) in [6.07, 6.45) is 0.145. The van der Waals surface area contributed by atoms with E-state index in [-0.39, 0.29) is 6.61 Å². The van der Waals surface area contributed by atoms with E-state index < -0.39 is 6.10 Å². The number of β-amino-alcohol motifs (C(OH)–C–C–N with tert-alkyl or cyclic N) is 1. The van der Waals surface area contributed by atoms with Gasteiger partial charge in [0.15, 0.2) is 18.0 Å². The molecule has 0 aliphatic carbocycles. The van der Waals surface area contributed by atoms with Gasteiger partial charge in [-0.2, -0.15) is 0 Å². The highest BCUT2D eigenvalue weighted by Gasteiger charge is 2.16. The van der Waals surface area contributed by atoms with Gasteiger partial charge in [-0.25, -0.2) is 0 Å². The van der Waals surface area contributed by atoms with Crippen LogP contribution in [0.4, 0.5) is 5.69 Å². The van der Waals surface area contributed by atoms with Crippen LogP contribution in [0.5, 0.6) is 17.2 Å². The Morgan fingerprint density at radius 3 is 2.41 bits per heavy atom. The highest BCUT2D eigenvalue weighted by molar-refractivity contribution is 7.96. The number of rotatable bonds is 13. The fourth-order valence-electron chi connectivity index (χ4n) is 3.17. The summed E-state index contributed by atoms with van der Waals surface area (Å²) in [4.78, 5) is 2.18. The molecule has 1 aliphatic rings. The second-order valence-corrected chi connectivity index (χ2v) is 9.69. The molecule has 1 saturated heterocycles. The van der Waals surface area contributed by atoms with E-state index in [2.05, 4.69) is 4.90 Å². The number of hydrogen-bond donors (Lipinski definition) is 1. The van der Waals surface area contributed by atoms with Crippen LogP contribution in [0.2, 0.25) is 10.0 Å². The van der Waals surface area contributed by atoms with Gasteiger partial charge in [-0.1, -0.05) is 23.2 Å². The second-order valence-electron chi connectivity index (χ2n) is 7.63. The van der Waals surface area contributed by atoms with Gasteiger partial charge in [-0.3, -0.25) is 9.21 Å². The van der Waals surface area contributed by atoms with Crippen LogP contribution in [0.1, 0.15) is 6.42 Å². The van der Waals surface area contributed by atoms with Gasteiger partial charge < -0.3 is 23.5 Å². The zero-order valence-corrected chi connectivity index (χ0v) is 22.0. The van der Waals surface area contributed by atoms with Crippen molar-refractivity contribution in [2.45, 2.75) is 12.5 Å². The molecule has 0 saturated carbocycles. The molecule has 3 rings (SSSR count). The van der Waals surface area contributed by atoms with Crippen LogP contribution in [-0.4, -0.2) is 75.1 Å². The third kappa shape index (κ3) is 8.75. The maximum Gasteiger partial charge on any atom is 0.179 e. The van der Waals surface area contributed by atoms with Crippen molar-refractivity contribution in [2.75, 3.05) is 63.3 Å². The standard InChI is InChI=1S/C23H29Cl3N2O5S/c1-27(34-33-20-13-21(25)23(22(26)14-20)31-10-2-7-24)17-3-5-19(6-4-17)32-16-18(29)15-28-8-11-30-12-9-28/h3-6,13-14,18,29H,2,7-12,15-16H2,1H3. The largest absolute Gasteiger partial charge is 0.491 e. The minimum atomic E-state index is -0.555. The predicted octanol–water partition coefficient (Wildman–Crippen LogP) is 5.15. The molecule has 11 heteroatoms. The van der Waals surface area contributed by atoms with E-state index in [1.165, 1.54) is 0 Å². The van der Waals surface area contributed by atoms with E-state index in [4.69, 9.17) is 53.2 Å². The molecule has 1 aliphatic heterocycles. The van der Waals surface area contributed by atoms with Gasteiger partial charge in [0.25, 0.3) is 0 Å². The lowest BCUT2D eigenvalue weighted by Gasteiger charge is -2.28. The van der Waals surface area contributed by atoms with Crippen molar-refractivity contribution in [3.8, 4) is 17.2 Å². The molecule has 0 bridgehead atoms. The molecule has 0 spiro atoms. The van der Waals surface area contributed by atoms with Crippen LogP contribution in [0.15, 0.2) is 36.4 Å². The Morgan fingerprint density at radius 1 is 1.09 bits per heavy atom. The van der Waals surface area contributed by atoms with E-state index in [1.807, 2.05) is 35.6 Å². The van der Waals surface area contributed by atoms with Gasteiger partial charge in [0.1, 0.15) is 24.2 Å². The molecule has 1 unspecified atom stereocenters. The number of aliphatic hydroxyl groups excluding tert-OH is 1. The van der Waals surface area contributed by atoms with Crippen molar-refractivity contribution in [2.24, 2.45) is 0 Å². The fourth-order valence-corrected chi connectivity index (χ4v) is 4.36. The van der Waals surface area contributed by atoms with E-state index in [1.54, 1.807) is 12.1 Å². The molecule has 7 nitrogen and oxygen atoms in total. The number of aliphatic hydroxyl groups is 1. The first-order valence-corrected chi connectivity index (χ1v) is 12.9. The number of nitrogens with zero attached hydrogens (tertiary/aromatic N) is 2. The van der Waals surface area contributed by atoms with Gasteiger partial charge >= 0.3 is 0 Å². The normalized spacial score (nSPS) is 15.1. The molecular weight excluding hydrogens is 523 g/mol. The summed E-state index contributed by atoms with van der Waals surface area (Å²) in [5, 5.41) is 11.0. The zero-order valence-electron chi connectivity index (χ0n) is 18.9. The van der Waals surface area contributed by atoms with Crippen molar-refractivity contribution >= 4 is 52.7 Å². The lowest BCUT2D eigenvalue weighted by molar-refractivity contribution is 0.00466. The summed E-state index contributed by atoms with van der Waals surface area (Å²) in [5.41, 5.74) is 0.907. The second kappa shape index (κ2) is 14.3. The van der Waals surface area contributed by atoms with E-state index in [9.17, 15) is 5.11 Å². The van der Waals surface area contributed by atoms with E-state index >= 15 is 0 Å². The number of anilines is 1. The Bertz CT molecular complexity index is 864. The lowest BCUT2D eigenvalue weighted by Crippen LogP contribution is -2.42. The quantitative estimate of drug-likeness (QED) is 0.159. The molecule has 1 heterocycles. The maximum atomic E-state index is 10.2. The van der Waals surface area contributed by atoms with Crippen LogP contribution >= 0.6 is 47.0 Å². The maximum absolute atomic E-state index is 10.2. The first-order valence-electron chi connectivity index (χ1n) is 10.9. The van der Waals surface area contributed by atoms with Crippen LogP contribution in [0.3, 0.4) is 0 Å². The van der Waals surface area contributed by atoms with Gasteiger partial charge in [0, 0.05) is 50.4 Å². The number of alkyl halides is 1. The van der Waals surface area contributed by atoms with Gasteiger partial charge in [-0.05, 0) is 30.7 Å². The molecular formula is C23H29Cl3N2O5S. The molecule has 0 amide bonds. The lowest BCUT2D eigenvalue weighted by atomic mass is 10.3. The minimum Gasteiger partial charge on any atom is -0.491 e. The highest BCUT2D eigenvalue weighted by atomic mass is 35.5. The average Bonchev–Trinajstić information content (AvgIpc) is 2.84. The minimum absolute atomic E-state index is 0.234. The number of hydrogen-bond acceptors (Lipinski definition) is 8. The van der Waals surface area contributed by atoms with E-state index in [0.717, 1.165) is 31.0 Å². The first kappa shape index (κ1) is 27.3. The zero-order chi connectivity index (χ0) is 24.3. The summed E-state index contributed by atoms with van der Waals surface area (Å²) in [7, 11) is 1.87. The average molecular weight is 552 g/mol. The Kier molecular flexibility index (Phi) is 11.5. The summed E-state index contributed by atoms with van der Waals surface area (Å²) in [6, 6.07) is 10.8. The monoisotopic (exact) mass is 550 g/mol. The number of ether oxygens (including phenoxy) is 3. The van der Waals surface area contributed by atoms with Crippen LogP contribution in [0.25, 0.3) is 0 Å². The van der Waals surface area contributed by atoms with Gasteiger partial charge in [0.2, 0.25) is 0 Å². The van der Waals surface area contributed by atoms with Gasteiger partial charge in [-0.15, -0.1) is 11.6 Å². The van der Waals surface area contributed by atoms with Crippen molar-refractivity contribution in [1.29, 1.82) is 0 Å². The summed E-state index contributed by atoms with van der Waals surface area (Å²) in [5.74, 6) is 2.12. The molecule has 1 fully saturated rings. The van der Waals surface area contributed by atoms with Crippen molar-refractivity contribution in [1.82, 2.24) is 4.90 Å². The summed E-state index contributed by atoms with van der Waals surface area (Å²) >= 11 is 19.4. The Balaban J connectivity index is 1.44. The Labute approximate surface area is 220 Å². The Hall–Kier alpha value is -1.26. The predicted molar refractivity (Wildman–Crippen MR) is 139 cm³/mol. The third-order valence-electron chi connectivity index (χ3n) is 4.96. The van der Waals surface area contributed by atoms with Crippen molar-refractivity contribution in [3.63, 3.8) is 0 Å². The molecule has 0 radical (unpaired) electrons. The van der Waals surface area contributed by atoms with Crippen LogP contribution in [-0.2, 0) is 4.74 Å². The molecule has 2 aromatic rings. The fraction of sp³-hybridized carbons (Fsp3) is 0.478. The summed E-state index contributed by atoms with van der Waals surface area (Å²) in [6.45, 7) is 4.33. The number of benzene rings is 2. The summed E-state index contributed by atoms with van der Waals surface area (Å²) < 4.78 is 24.3. The SMILES string of the molecule is CN(SOc1cc(Cl)c(OCCCCl)c(Cl)c1)c1ccc(OCC(O)CN2CCOCC2)cc1. The van der Waals surface area contributed by atoms with Crippen LogP contribution in [0, 0.1) is 0 Å². The molecule has 188 valence electrons. The van der Waals surface area contributed by atoms with Gasteiger partial charge in [0.05, 0.1) is 29.9 Å². The molecule has 34 heavy (non-hydrogen) atoms. The molecule has 1 N–H and O–H groups in total. The highest BCUT2D eigenvalue weighted by Crippen LogP contribution is 2.38.